The molecule has 0 aromatic heterocycles. The van der Waals surface area contributed by atoms with Gasteiger partial charge in [-0.15, -0.1) is 0 Å². The summed E-state index contributed by atoms with van der Waals surface area (Å²) in [5, 5.41) is 32.5. The first-order valence-electron chi connectivity index (χ1n) is 33.1. The van der Waals surface area contributed by atoms with Crippen LogP contribution in [0, 0.1) is 35.5 Å². The van der Waals surface area contributed by atoms with E-state index in [4.69, 9.17) is 0 Å². The first-order chi connectivity index (χ1) is 43.7. The summed E-state index contributed by atoms with van der Waals surface area (Å²) in [6.07, 6.45) is 33.4. The molecule has 0 radical (unpaired) electrons. The van der Waals surface area contributed by atoms with Gasteiger partial charge in [0, 0.05) is 95.9 Å². The smallest absolute Gasteiger partial charge is 0.315 e. The molecule has 93 heavy (non-hydrogen) atoms. The van der Waals surface area contributed by atoms with E-state index in [9.17, 15) is 57.5 Å². The molecule has 9 atom stereocenters. The summed E-state index contributed by atoms with van der Waals surface area (Å²) < 4.78 is 0. The van der Waals surface area contributed by atoms with Gasteiger partial charge in [-0.25, -0.2) is 14.4 Å². The second kappa shape index (κ2) is 49.7. The van der Waals surface area contributed by atoms with E-state index in [2.05, 4.69) is 70.7 Å². The van der Waals surface area contributed by atoms with E-state index in [0.717, 1.165) is 12.8 Å². The monoisotopic (exact) mass is 1300 g/mol. The molecule has 24 heteroatoms. The highest BCUT2D eigenvalue weighted by Crippen LogP contribution is 2.18. The highest BCUT2D eigenvalue weighted by Gasteiger charge is 2.32. The maximum Gasteiger partial charge on any atom is 0.315 e. The average molecular weight is 1310 g/mol. The summed E-state index contributed by atoms with van der Waals surface area (Å²) in [7, 11) is 2.96. The number of amides is 12. The van der Waals surface area contributed by atoms with Crippen molar-refractivity contribution < 1.29 is 57.5 Å². The lowest BCUT2D eigenvalue weighted by atomic mass is 9.91. The largest absolute Gasteiger partial charge is 0.352 e. The molecule has 12 N–H and O–H groups in total. The topological polar surface area (TPSA) is 349 Å². The van der Waals surface area contributed by atoms with Gasteiger partial charge < -0.3 is 63.8 Å². The minimum Gasteiger partial charge on any atom is -0.352 e. The Hall–Kier alpha value is -7.92. The number of hydrogen-bond acceptors (Lipinski definition) is 12. The average Bonchev–Trinajstić information content (AvgIpc) is 1.36. The van der Waals surface area contributed by atoms with Gasteiger partial charge in [-0.2, -0.15) is 0 Å². The molecule has 0 aliphatic carbocycles. The molecule has 3 heterocycles. The van der Waals surface area contributed by atoms with Crippen LogP contribution in [0.5, 0.6) is 0 Å². The molecule has 12 amide bonds. The third-order valence-corrected chi connectivity index (χ3v) is 15.1. The Balaban J connectivity index is 0.00000139. The number of nitrogens with one attached hydrogen (secondary N) is 12. The Kier molecular flexibility index (Phi) is 45.5. The lowest BCUT2D eigenvalue weighted by Crippen LogP contribution is -2.49. The van der Waals surface area contributed by atoms with Gasteiger partial charge in [-0.3, -0.25) is 43.2 Å². The third kappa shape index (κ3) is 39.3. The molecule has 0 aromatic rings. The van der Waals surface area contributed by atoms with Crippen LogP contribution >= 0.6 is 0 Å². The number of carbonyl (C=O) groups excluding carboxylic acids is 12. The van der Waals surface area contributed by atoms with Gasteiger partial charge in [0.15, 0.2) is 17.3 Å². The minimum atomic E-state index is -0.679. The van der Waals surface area contributed by atoms with E-state index in [0.29, 0.717) is 45.4 Å². The molecule has 0 spiro atoms. The molecule has 0 bridgehead atoms. The van der Waals surface area contributed by atoms with E-state index in [1.807, 2.05) is 47.6 Å². The van der Waals surface area contributed by atoms with Gasteiger partial charge in [-0.1, -0.05) is 168 Å². The Morgan fingerprint density at radius 3 is 0.989 bits per heavy atom. The normalized spacial score (nSPS) is 22.7. The lowest BCUT2D eigenvalue weighted by molar-refractivity contribution is -0.129. The number of rotatable bonds is 26. The van der Waals surface area contributed by atoms with Gasteiger partial charge in [0.05, 0.1) is 35.9 Å². The molecule has 1 unspecified atom stereocenters. The van der Waals surface area contributed by atoms with Crippen molar-refractivity contribution in [2.24, 2.45) is 35.5 Å². The van der Waals surface area contributed by atoms with Gasteiger partial charge in [0.25, 0.3) is 0 Å². The van der Waals surface area contributed by atoms with Crippen LogP contribution < -0.4 is 63.8 Å². The summed E-state index contributed by atoms with van der Waals surface area (Å²) in [6, 6.07) is -4.30. The van der Waals surface area contributed by atoms with Gasteiger partial charge in [-0.05, 0) is 64.2 Å². The zero-order valence-electron chi connectivity index (χ0n) is 56.9. The second-order valence-electron chi connectivity index (χ2n) is 24.5. The van der Waals surface area contributed by atoms with Crippen molar-refractivity contribution in [3.8, 4) is 0 Å². The van der Waals surface area contributed by atoms with Crippen LogP contribution in [0.3, 0.4) is 0 Å². The van der Waals surface area contributed by atoms with Crippen LogP contribution in [0.15, 0.2) is 72.9 Å². The van der Waals surface area contributed by atoms with E-state index >= 15 is 0 Å². The number of carbonyl (C=O) groups is 12. The van der Waals surface area contributed by atoms with Crippen LogP contribution in [0.25, 0.3) is 0 Å². The zero-order valence-corrected chi connectivity index (χ0v) is 56.9. The fourth-order valence-corrected chi connectivity index (χ4v) is 9.69. The Bertz CT molecular complexity index is 2440. The van der Waals surface area contributed by atoms with E-state index in [-0.39, 0.29) is 121 Å². The number of urea groups is 3. The van der Waals surface area contributed by atoms with Crippen molar-refractivity contribution in [3.05, 3.63) is 72.9 Å². The first-order valence-corrected chi connectivity index (χ1v) is 33.1. The second-order valence-corrected chi connectivity index (χ2v) is 24.5. The van der Waals surface area contributed by atoms with E-state index in [1.165, 1.54) is 83.7 Å². The summed E-state index contributed by atoms with van der Waals surface area (Å²) in [5.41, 5.74) is 0. The zero-order chi connectivity index (χ0) is 69.0. The minimum absolute atomic E-state index is 0. The number of Topliss-reactive ketones (excluding diaryl/α,β-unsaturated/α-hetero) is 3. The summed E-state index contributed by atoms with van der Waals surface area (Å²) in [4.78, 5) is 147. The summed E-state index contributed by atoms with van der Waals surface area (Å²) in [6.45, 7) is 20.6. The molecule has 0 aromatic carbocycles. The van der Waals surface area contributed by atoms with Gasteiger partial charge in [0.2, 0.25) is 35.4 Å². The summed E-state index contributed by atoms with van der Waals surface area (Å²) in [5.74, 6) is -4.33. The highest BCUT2D eigenvalue weighted by atomic mass is 16.2. The van der Waals surface area contributed by atoms with E-state index in [1.54, 1.807) is 69.4 Å². The maximum absolute atomic E-state index is 13.2. The number of unbranched alkanes of at least 4 members (excludes halogenated alkanes) is 9. The molecule has 3 aliphatic heterocycles. The maximum atomic E-state index is 13.2. The van der Waals surface area contributed by atoms with Crippen LogP contribution in [0.4, 0.5) is 14.4 Å². The van der Waals surface area contributed by atoms with Gasteiger partial charge >= 0.3 is 18.1 Å². The van der Waals surface area contributed by atoms with Crippen molar-refractivity contribution in [2.45, 2.75) is 216 Å². The molecular formula is C69H116N12O12. The molecule has 24 nitrogen and oxygen atoms in total. The molecule has 3 rings (SSSR count). The fraction of sp³-hybridized carbons (Fsp3) is 0.652. The Morgan fingerprint density at radius 2 is 0.710 bits per heavy atom. The Morgan fingerprint density at radius 1 is 0.430 bits per heavy atom. The van der Waals surface area contributed by atoms with Crippen molar-refractivity contribution in [1.82, 2.24) is 63.8 Å². The molecule has 0 saturated heterocycles. The third-order valence-electron chi connectivity index (χ3n) is 15.1. The molecule has 0 fully saturated rings. The molecular weight excluding hydrogens is 1190 g/mol. The van der Waals surface area contributed by atoms with Gasteiger partial charge in [0.1, 0.15) is 0 Å². The SMILES string of the molecule is C.CCCCCCCCCCCCNC(=O)N[C@H](C(=O)C[C@H]1/C=C/CCNC(=O)/C=C/[C@H](C)NC1=O)C(C)C.CNC(=O)NC(C(=O)C[C@H]1/C=C/CCNC(=O)/C=C/[C@H](C)NC1=O)C(C)C.CNC(=O)N[C@@H](C(=O)C[C@H]1/C=C/CCNC(=O)/C=C/[C@H](C)NC1=O)C(C)C. The number of ketones is 3. The van der Waals surface area contributed by atoms with Crippen molar-refractivity contribution in [1.29, 1.82) is 0 Å². The highest BCUT2D eigenvalue weighted by molar-refractivity contribution is 5.96. The first kappa shape index (κ1) is 85.1. The number of hydrogen-bond donors (Lipinski definition) is 12. The van der Waals surface area contributed by atoms with Crippen LogP contribution in [0.1, 0.15) is 179 Å². The van der Waals surface area contributed by atoms with Crippen LogP contribution in [0.2, 0.25) is 0 Å². The van der Waals surface area contributed by atoms with Crippen LogP contribution in [-0.4, -0.2) is 147 Å². The fourth-order valence-electron chi connectivity index (χ4n) is 9.69. The standard InChI is InChI=1S/C30H52N4O4.2C19H30N4O4.CH4/c1-5-6-7-8-9-10-11-12-13-15-21-32-30(38)34-28(23(2)3)26(35)22-25-17-14-16-20-31-27(36)19-18-24(4)33-29(25)37;2*1-12(2)17(23-19(27)20-4)15(24)11-14-7-5-6-10-21-16(25)9-8-13(3)22-18(14)26;/h14,17-19,23-25,28H,5-13,15-16,20-22H2,1-4H3,(H,31,36)(H,33,37)(H2,32,34,38);2*5,7-9,12-14,17H,6,10-11H2,1-4H3,(H,21,25)(H,22,26)(H2,20,23,27);1H4/b17-14+,19-18+;2*7-5+,9-8+;/t24-,25+,28-;13-,14+,17?;13-,14+,17+;/m000./s1. The summed E-state index contributed by atoms with van der Waals surface area (Å²) >= 11 is 0. The quantitative estimate of drug-likeness (QED) is 0.0311. The lowest BCUT2D eigenvalue weighted by Gasteiger charge is -2.23. The van der Waals surface area contributed by atoms with Crippen LogP contribution in [-0.2, 0) is 43.2 Å². The predicted octanol–water partition coefficient (Wildman–Crippen LogP) is 6.88. The van der Waals surface area contributed by atoms with E-state index < -0.39 is 47.9 Å². The van der Waals surface area contributed by atoms with Crippen molar-refractivity contribution in [3.63, 3.8) is 0 Å². The Labute approximate surface area is 554 Å². The van der Waals surface area contributed by atoms with Crippen molar-refractivity contribution >= 4 is 70.9 Å². The predicted molar refractivity (Wildman–Crippen MR) is 366 cm³/mol. The molecule has 0 saturated carbocycles. The van der Waals surface area contributed by atoms with Crippen molar-refractivity contribution in [2.75, 3.05) is 40.3 Å². The molecule has 3 aliphatic rings. The molecule has 524 valence electrons.